The van der Waals surface area contributed by atoms with Crippen LogP contribution in [0.2, 0.25) is 0 Å². The average molecular weight is 477 g/mol. The fourth-order valence-corrected chi connectivity index (χ4v) is 5.50. The number of halogens is 1. The third-order valence-electron chi connectivity index (χ3n) is 7.11. The van der Waals surface area contributed by atoms with Crippen LogP contribution in [0.5, 0.6) is 0 Å². The molecule has 6 nitrogen and oxygen atoms in total. The van der Waals surface area contributed by atoms with Gasteiger partial charge in [0, 0.05) is 71.5 Å². The van der Waals surface area contributed by atoms with E-state index in [9.17, 15) is 9.18 Å². The summed E-state index contributed by atoms with van der Waals surface area (Å²) in [5, 5.41) is 3.06. The Hall–Kier alpha value is -1.70. The average Bonchev–Trinajstić information content (AvgIpc) is 2.83. The molecule has 2 atom stereocenters. The van der Waals surface area contributed by atoms with Crippen molar-refractivity contribution in [2.75, 3.05) is 70.5 Å². The van der Waals surface area contributed by atoms with Gasteiger partial charge in [0.15, 0.2) is 0 Å². The molecule has 3 rings (SSSR count). The summed E-state index contributed by atoms with van der Waals surface area (Å²) in [6, 6.07) is 7.58. The lowest BCUT2D eigenvalue weighted by atomic mass is 9.86. The Kier molecular flexibility index (Phi) is 11.1. The van der Waals surface area contributed by atoms with Crippen molar-refractivity contribution in [3.05, 3.63) is 30.1 Å². The van der Waals surface area contributed by atoms with Gasteiger partial charge >= 0.3 is 0 Å². The highest BCUT2D eigenvalue weighted by atomic mass is 19.1. The van der Waals surface area contributed by atoms with Crippen LogP contribution < -0.4 is 10.2 Å². The van der Waals surface area contributed by atoms with E-state index in [0.717, 1.165) is 71.7 Å². The van der Waals surface area contributed by atoms with Crippen molar-refractivity contribution in [1.29, 1.82) is 0 Å². The molecular formula is C27H45FN4O2. The molecule has 2 saturated heterocycles. The molecule has 1 amide bonds. The highest BCUT2D eigenvalue weighted by molar-refractivity contribution is 5.75. The summed E-state index contributed by atoms with van der Waals surface area (Å²) in [4.78, 5) is 19.8. The summed E-state index contributed by atoms with van der Waals surface area (Å²) in [5.74, 6) is 1.15. The van der Waals surface area contributed by atoms with Gasteiger partial charge in [-0.2, -0.15) is 0 Å². The van der Waals surface area contributed by atoms with Crippen LogP contribution in [0.3, 0.4) is 0 Å². The summed E-state index contributed by atoms with van der Waals surface area (Å²) in [6.45, 7) is 15.5. The Morgan fingerprint density at radius 3 is 2.65 bits per heavy atom. The lowest BCUT2D eigenvalue weighted by molar-refractivity contribution is -0.121. The Morgan fingerprint density at radius 1 is 1.18 bits per heavy atom. The van der Waals surface area contributed by atoms with Gasteiger partial charge < -0.3 is 19.9 Å². The van der Waals surface area contributed by atoms with Gasteiger partial charge in [-0.05, 0) is 56.7 Å². The van der Waals surface area contributed by atoms with Crippen molar-refractivity contribution in [1.82, 2.24) is 15.1 Å². The molecule has 2 aliphatic rings. The molecule has 0 unspecified atom stereocenters. The second kappa shape index (κ2) is 14.0. The van der Waals surface area contributed by atoms with Gasteiger partial charge in [-0.1, -0.05) is 26.0 Å². The van der Waals surface area contributed by atoms with E-state index in [1.165, 1.54) is 0 Å². The Labute approximate surface area is 205 Å². The number of piperazine rings is 1. The number of benzene rings is 1. The predicted molar refractivity (Wildman–Crippen MR) is 137 cm³/mol. The second-order valence-corrected chi connectivity index (χ2v) is 10.2. The number of piperidine rings is 1. The lowest BCUT2D eigenvalue weighted by Crippen LogP contribution is -2.57. The van der Waals surface area contributed by atoms with Crippen molar-refractivity contribution in [3.63, 3.8) is 0 Å². The number of para-hydroxylation sites is 1. The van der Waals surface area contributed by atoms with Crippen molar-refractivity contribution in [3.8, 4) is 0 Å². The maximum Gasteiger partial charge on any atom is 0.220 e. The molecular weight excluding hydrogens is 431 g/mol. The quantitative estimate of drug-likeness (QED) is 0.467. The van der Waals surface area contributed by atoms with E-state index in [-0.39, 0.29) is 11.7 Å². The smallest absolute Gasteiger partial charge is 0.220 e. The van der Waals surface area contributed by atoms with Gasteiger partial charge in [-0.3, -0.25) is 9.69 Å². The minimum absolute atomic E-state index is 0.136. The molecule has 0 bridgehead atoms. The molecule has 0 aliphatic carbocycles. The zero-order valence-electron chi connectivity index (χ0n) is 21.5. The number of carbonyl (C=O) groups is 1. The minimum Gasteiger partial charge on any atom is -0.382 e. The van der Waals surface area contributed by atoms with Crippen LogP contribution in [0.25, 0.3) is 0 Å². The first-order valence-corrected chi connectivity index (χ1v) is 13.3. The lowest BCUT2D eigenvalue weighted by Gasteiger charge is -2.47. The molecule has 1 N–H and O–H groups in total. The van der Waals surface area contributed by atoms with Crippen LogP contribution in [-0.4, -0.2) is 87.3 Å². The molecule has 0 spiro atoms. The monoisotopic (exact) mass is 476 g/mol. The molecule has 0 radical (unpaired) electrons. The maximum absolute atomic E-state index is 14.3. The van der Waals surface area contributed by atoms with Crippen LogP contribution in [0.4, 0.5) is 10.1 Å². The first-order chi connectivity index (χ1) is 16.5. The minimum atomic E-state index is -0.136. The maximum atomic E-state index is 14.3. The highest BCUT2D eigenvalue weighted by Gasteiger charge is 2.35. The summed E-state index contributed by atoms with van der Waals surface area (Å²) in [6.07, 6.45) is 3.51. The predicted octanol–water partition coefficient (Wildman–Crippen LogP) is 3.62. The van der Waals surface area contributed by atoms with E-state index in [2.05, 4.69) is 33.9 Å². The molecule has 1 aromatic rings. The number of ether oxygens (including phenoxy) is 1. The molecule has 2 fully saturated rings. The van der Waals surface area contributed by atoms with Crippen molar-refractivity contribution in [2.24, 2.45) is 11.8 Å². The molecule has 7 heteroatoms. The van der Waals surface area contributed by atoms with E-state index < -0.39 is 0 Å². The normalized spacial score (nSPS) is 22.3. The Morgan fingerprint density at radius 2 is 1.94 bits per heavy atom. The second-order valence-electron chi connectivity index (χ2n) is 10.2. The number of anilines is 1. The van der Waals surface area contributed by atoms with E-state index in [1.54, 1.807) is 12.1 Å². The third-order valence-corrected chi connectivity index (χ3v) is 7.11. The Balaban J connectivity index is 1.53. The summed E-state index contributed by atoms with van der Waals surface area (Å²) in [5.41, 5.74) is 0.714. The fourth-order valence-electron chi connectivity index (χ4n) is 5.50. The highest BCUT2D eigenvalue weighted by Crippen LogP contribution is 2.29. The van der Waals surface area contributed by atoms with E-state index in [4.69, 9.17) is 4.74 Å². The summed E-state index contributed by atoms with van der Waals surface area (Å²) >= 11 is 0. The standard InChI is InChI=1S/C27H45FN4O2/c1-4-34-19-7-13-29-27(33)11-10-23-21-30(20-22(2)3)14-12-25(23)31-15-17-32(18-16-31)26-9-6-5-8-24(26)28/h5-6,8-9,22-23,25H,4,7,10-21H2,1-3H3,(H,29,33)/t23-,25+/m0/s1. The summed E-state index contributed by atoms with van der Waals surface area (Å²) in [7, 11) is 0. The molecule has 2 aliphatic heterocycles. The van der Waals surface area contributed by atoms with Gasteiger partial charge in [0.1, 0.15) is 5.82 Å². The zero-order valence-corrected chi connectivity index (χ0v) is 21.5. The first kappa shape index (κ1) is 26.9. The van der Waals surface area contributed by atoms with Crippen LogP contribution in [0.15, 0.2) is 24.3 Å². The van der Waals surface area contributed by atoms with Crippen LogP contribution >= 0.6 is 0 Å². The molecule has 192 valence electrons. The first-order valence-electron chi connectivity index (χ1n) is 13.3. The fraction of sp³-hybridized carbons (Fsp3) is 0.741. The van der Waals surface area contributed by atoms with Gasteiger partial charge in [-0.25, -0.2) is 4.39 Å². The third kappa shape index (κ3) is 8.21. The molecule has 0 saturated carbocycles. The van der Waals surface area contributed by atoms with Crippen LogP contribution in [-0.2, 0) is 9.53 Å². The number of nitrogens with zero attached hydrogens (tertiary/aromatic N) is 3. The number of hydrogen-bond donors (Lipinski definition) is 1. The number of hydrogen-bond acceptors (Lipinski definition) is 5. The number of nitrogens with one attached hydrogen (secondary N) is 1. The van der Waals surface area contributed by atoms with Crippen LogP contribution in [0, 0.1) is 17.7 Å². The van der Waals surface area contributed by atoms with E-state index in [1.807, 2.05) is 19.1 Å². The number of amides is 1. The van der Waals surface area contributed by atoms with Gasteiger partial charge in [0.05, 0.1) is 5.69 Å². The molecule has 34 heavy (non-hydrogen) atoms. The SMILES string of the molecule is CCOCCCNC(=O)CC[C@H]1CN(CC(C)C)CC[C@H]1N1CCN(c2ccccc2F)CC1. The van der Waals surface area contributed by atoms with Gasteiger partial charge in [0.25, 0.3) is 0 Å². The molecule has 1 aromatic carbocycles. The largest absolute Gasteiger partial charge is 0.382 e. The molecule has 2 heterocycles. The number of carbonyl (C=O) groups excluding carboxylic acids is 1. The zero-order chi connectivity index (χ0) is 24.3. The van der Waals surface area contributed by atoms with Gasteiger partial charge in [-0.15, -0.1) is 0 Å². The Bertz CT molecular complexity index is 739. The van der Waals surface area contributed by atoms with Crippen molar-refractivity contribution < 1.29 is 13.9 Å². The number of rotatable bonds is 12. The van der Waals surface area contributed by atoms with Gasteiger partial charge in [0.2, 0.25) is 5.91 Å². The molecule has 0 aromatic heterocycles. The topological polar surface area (TPSA) is 48.1 Å². The van der Waals surface area contributed by atoms with E-state index in [0.29, 0.717) is 43.1 Å². The van der Waals surface area contributed by atoms with Crippen molar-refractivity contribution in [2.45, 2.75) is 52.5 Å². The van der Waals surface area contributed by atoms with E-state index >= 15 is 0 Å². The van der Waals surface area contributed by atoms with Crippen LogP contribution in [0.1, 0.15) is 46.5 Å². The summed E-state index contributed by atoms with van der Waals surface area (Å²) < 4.78 is 19.6. The van der Waals surface area contributed by atoms with Crippen molar-refractivity contribution >= 4 is 11.6 Å². The number of likely N-dealkylation sites (tertiary alicyclic amines) is 1.